The second-order valence-corrected chi connectivity index (χ2v) is 8.30. The lowest BCUT2D eigenvalue weighted by Gasteiger charge is -2.14. The lowest BCUT2D eigenvalue weighted by molar-refractivity contribution is 0.0974. The van der Waals surface area contributed by atoms with E-state index in [4.69, 9.17) is 33.0 Å². The number of fused-ring (bicyclic) bond motifs is 1. The fourth-order valence-electron chi connectivity index (χ4n) is 3.39. The number of methoxy groups -OCH3 is 1. The van der Waals surface area contributed by atoms with E-state index < -0.39 is 5.91 Å². The van der Waals surface area contributed by atoms with Gasteiger partial charge in [0.25, 0.3) is 5.91 Å². The van der Waals surface area contributed by atoms with Crippen LogP contribution in [0.2, 0.25) is 5.02 Å². The predicted octanol–water partition coefficient (Wildman–Crippen LogP) is 6.15. The van der Waals surface area contributed by atoms with E-state index in [1.807, 2.05) is 43.3 Å². The Kier molecular flexibility index (Phi) is 6.62. The number of nitrogens with zero attached hydrogens (tertiary/aromatic N) is 1. The molecule has 3 aromatic carbocycles. The Morgan fingerprint density at radius 2 is 1.97 bits per heavy atom. The molecule has 0 fully saturated rings. The smallest absolute Gasteiger partial charge is 0.261 e. The van der Waals surface area contributed by atoms with Gasteiger partial charge in [-0.05, 0) is 79.2 Å². The molecular formula is C25H22ClN3O3S. The van der Waals surface area contributed by atoms with Crippen molar-refractivity contribution in [1.29, 1.82) is 0 Å². The van der Waals surface area contributed by atoms with Gasteiger partial charge in [-0.3, -0.25) is 10.1 Å². The molecule has 4 rings (SSSR count). The maximum atomic E-state index is 12.7. The Morgan fingerprint density at radius 1 is 1.15 bits per heavy atom. The Hall–Kier alpha value is -3.42. The van der Waals surface area contributed by atoms with Crippen molar-refractivity contribution >= 4 is 51.6 Å². The molecule has 0 saturated carbocycles. The van der Waals surface area contributed by atoms with E-state index in [9.17, 15) is 4.79 Å². The van der Waals surface area contributed by atoms with Crippen LogP contribution < -0.4 is 15.4 Å². The zero-order valence-corrected chi connectivity index (χ0v) is 19.9. The van der Waals surface area contributed by atoms with Gasteiger partial charge in [-0.25, -0.2) is 4.98 Å². The van der Waals surface area contributed by atoms with Crippen LogP contribution in [-0.2, 0) is 6.42 Å². The second-order valence-electron chi connectivity index (χ2n) is 7.46. The number of oxazole rings is 1. The normalized spacial score (nSPS) is 10.8. The Balaban J connectivity index is 1.54. The third-order valence-electron chi connectivity index (χ3n) is 5.23. The summed E-state index contributed by atoms with van der Waals surface area (Å²) in [6.07, 6.45) is 0.932. The monoisotopic (exact) mass is 479 g/mol. The molecule has 0 aliphatic carbocycles. The highest BCUT2D eigenvalue weighted by atomic mass is 35.5. The molecule has 1 aromatic heterocycles. The molecule has 168 valence electrons. The number of hydrogen-bond donors (Lipinski definition) is 2. The number of nitrogens with one attached hydrogen (secondary N) is 2. The fraction of sp³-hybridized carbons (Fsp3) is 0.160. The van der Waals surface area contributed by atoms with Crippen LogP contribution in [0.1, 0.15) is 28.4 Å². The number of amides is 1. The number of anilines is 1. The average Bonchev–Trinajstić information content (AvgIpc) is 3.23. The zero-order chi connectivity index (χ0) is 23.5. The molecule has 4 aromatic rings. The van der Waals surface area contributed by atoms with Gasteiger partial charge in [0.05, 0.1) is 12.7 Å². The summed E-state index contributed by atoms with van der Waals surface area (Å²) in [7, 11) is 1.49. The van der Waals surface area contributed by atoms with Crippen LogP contribution in [0.25, 0.3) is 22.6 Å². The summed E-state index contributed by atoms with van der Waals surface area (Å²) < 4.78 is 11.2. The largest absolute Gasteiger partial charge is 0.496 e. The number of rotatable bonds is 5. The maximum absolute atomic E-state index is 12.7. The zero-order valence-electron chi connectivity index (χ0n) is 18.4. The first-order chi connectivity index (χ1) is 15.9. The summed E-state index contributed by atoms with van der Waals surface area (Å²) in [6, 6.07) is 16.6. The molecule has 33 heavy (non-hydrogen) atoms. The first kappa shape index (κ1) is 22.8. The minimum absolute atomic E-state index is 0.146. The van der Waals surface area contributed by atoms with Crippen molar-refractivity contribution in [3.05, 3.63) is 76.3 Å². The van der Waals surface area contributed by atoms with Gasteiger partial charge in [0.1, 0.15) is 11.3 Å². The molecular weight excluding hydrogens is 458 g/mol. The van der Waals surface area contributed by atoms with Crippen LogP contribution in [0, 0.1) is 6.92 Å². The summed E-state index contributed by atoms with van der Waals surface area (Å²) in [6.45, 7) is 4.04. The van der Waals surface area contributed by atoms with Gasteiger partial charge in [0.15, 0.2) is 10.7 Å². The first-order valence-corrected chi connectivity index (χ1v) is 11.1. The molecule has 1 amide bonds. The summed E-state index contributed by atoms with van der Waals surface area (Å²) in [5.41, 5.74) is 5.51. The predicted molar refractivity (Wildman–Crippen MR) is 135 cm³/mol. The van der Waals surface area contributed by atoms with E-state index in [1.54, 1.807) is 12.1 Å². The van der Waals surface area contributed by atoms with Crippen LogP contribution >= 0.6 is 23.8 Å². The SMILES string of the molecule is CCc1ccc2oc(-c3ccc(C)c(NC(=S)NC(=O)c4cc(Cl)ccc4OC)c3)nc2c1. The molecule has 0 unspecified atom stereocenters. The molecule has 0 saturated heterocycles. The molecule has 2 N–H and O–H groups in total. The lowest BCUT2D eigenvalue weighted by Crippen LogP contribution is -2.34. The fourth-order valence-corrected chi connectivity index (χ4v) is 3.76. The molecule has 0 aliphatic rings. The number of halogens is 1. The highest BCUT2D eigenvalue weighted by Crippen LogP contribution is 2.29. The number of benzene rings is 3. The number of aromatic nitrogens is 1. The highest BCUT2D eigenvalue weighted by molar-refractivity contribution is 7.80. The second kappa shape index (κ2) is 9.60. The van der Waals surface area contributed by atoms with E-state index in [1.165, 1.54) is 18.7 Å². The van der Waals surface area contributed by atoms with Crippen LogP contribution in [0.3, 0.4) is 0 Å². The van der Waals surface area contributed by atoms with Gasteiger partial charge in [0, 0.05) is 16.3 Å². The topological polar surface area (TPSA) is 76.4 Å². The Morgan fingerprint density at radius 3 is 2.73 bits per heavy atom. The number of ether oxygens (including phenoxy) is 1. The summed E-state index contributed by atoms with van der Waals surface area (Å²) in [5.74, 6) is 0.492. The molecule has 0 atom stereocenters. The van der Waals surface area contributed by atoms with E-state index in [0.29, 0.717) is 16.7 Å². The van der Waals surface area contributed by atoms with E-state index >= 15 is 0 Å². The number of hydrogen-bond acceptors (Lipinski definition) is 5. The first-order valence-electron chi connectivity index (χ1n) is 10.3. The van der Waals surface area contributed by atoms with Crippen molar-refractivity contribution in [2.75, 3.05) is 12.4 Å². The molecule has 0 spiro atoms. The average molecular weight is 480 g/mol. The van der Waals surface area contributed by atoms with Crippen LogP contribution in [-0.4, -0.2) is 23.1 Å². The van der Waals surface area contributed by atoms with Crippen molar-refractivity contribution in [2.45, 2.75) is 20.3 Å². The number of thiocarbonyl (C=S) groups is 1. The quantitative estimate of drug-likeness (QED) is 0.334. The van der Waals surface area contributed by atoms with Crippen LogP contribution in [0.5, 0.6) is 5.75 Å². The van der Waals surface area contributed by atoms with Crippen molar-refractivity contribution in [3.8, 4) is 17.2 Å². The van der Waals surface area contributed by atoms with Gasteiger partial charge >= 0.3 is 0 Å². The van der Waals surface area contributed by atoms with Gasteiger partial charge in [-0.2, -0.15) is 0 Å². The standard InChI is InChI=1S/C25H22ClN3O3S/c1-4-15-6-9-22-20(11-15)27-24(32-22)16-7-5-14(2)19(12-16)28-25(33)29-23(30)18-13-17(26)8-10-21(18)31-3/h5-13H,4H2,1-3H3,(H2,28,29,30,33). The van der Waals surface area contributed by atoms with Crippen LogP contribution in [0.4, 0.5) is 5.69 Å². The Labute approximate surface area is 201 Å². The van der Waals surface area contributed by atoms with Crippen LogP contribution in [0.15, 0.2) is 59.0 Å². The molecule has 8 heteroatoms. The van der Waals surface area contributed by atoms with Crippen molar-refractivity contribution in [3.63, 3.8) is 0 Å². The lowest BCUT2D eigenvalue weighted by atomic mass is 10.1. The van der Waals surface area contributed by atoms with Gasteiger partial charge in [0.2, 0.25) is 5.89 Å². The van der Waals surface area contributed by atoms with Gasteiger partial charge in [-0.1, -0.05) is 30.7 Å². The van der Waals surface area contributed by atoms with E-state index in [2.05, 4.69) is 22.5 Å². The molecule has 0 radical (unpaired) electrons. The molecule has 6 nitrogen and oxygen atoms in total. The third-order valence-corrected chi connectivity index (χ3v) is 5.67. The van der Waals surface area contributed by atoms with Crippen molar-refractivity contribution < 1.29 is 13.9 Å². The minimum atomic E-state index is -0.425. The Bertz CT molecular complexity index is 1370. The molecule has 0 bridgehead atoms. The maximum Gasteiger partial charge on any atom is 0.261 e. The number of carbonyl (C=O) groups is 1. The van der Waals surface area contributed by atoms with Gasteiger partial charge in [-0.15, -0.1) is 0 Å². The van der Waals surface area contributed by atoms with Gasteiger partial charge < -0.3 is 14.5 Å². The molecule has 0 aliphatic heterocycles. The summed E-state index contributed by atoms with van der Waals surface area (Å²) in [5, 5.41) is 6.32. The third kappa shape index (κ3) is 4.99. The summed E-state index contributed by atoms with van der Waals surface area (Å²) >= 11 is 11.4. The van der Waals surface area contributed by atoms with Crippen molar-refractivity contribution in [1.82, 2.24) is 10.3 Å². The highest BCUT2D eigenvalue weighted by Gasteiger charge is 2.16. The van der Waals surface area contributed by atoms with E-state index in [0.717, 1.165) is 34.3 Å². The molecule has 1 heterocycles. The number of carbonyl (C=O) groups excluding carboxylic acids is 1. The minimum Gasteiger partial charge on any atom is -0.496 e. The van der Waals surface area contributed by atoms with Crippen molar-refractivity contribution in [2.24, 2.45) is 0 Å². The number of aryl methyl sites for hydroxylation is 2. The summed E-state index contributed by atoms with van der Waals surface area (Å²) in [4.78, 5) is 17.3. The van der Waals surface area contributed by atoms with E-state index in [-0.39, 0.29) is 10.7 Å².